The van der Waals surface area contributed by atoms with Crippen molar-refractivity contribution in [3.63, 3.8) is 0 Å². The number of hydrogen-bond acceptors (Lipinski definition) is 4. The lowest BCUT2D eigenvalue weighted by Crippen LogP contribution is -2.41. The molecule has 7 nitrogen and oxygen atoms in total. The van der Waals surface area contributed by atoms with Gasteiger partial charge in [-0.05, 0) is 31.0 Å². The summed E-state index contributed by atoms with van der Waals surface area (Å²) in [6.45, 7) is 5.32. The minimum absolute atomic E-state index is 0.0185. The Hall–Kier alpha value is -2.70. The fraction of sp³-hybridized carbons (Fsp3) is 0.412. The van der Waals surface area contributed by atoms with Gasteiger partial charge in [-0.2, -0.15) is 5.10 Å². The molecule has 1 atom stereocenters. The van der Waals surface area contributed by atoms with E-state index in [9.17, 15) is 14.4 Å². The van der Waals surface area contributed by atoms with Crippen LogP contribution in [0.3, 0.4) is 0 Å². The van der Waals surface area contributed by atoms with E-state index in [-0.39, 0.29) is 31.0 Å². The van der Waals surface area contributed by atoms with Crippen LogP contribution >= 0.6 is 0 Å². The van der Waals surface area contributed by atoms with Crippen LogP contribution in [0.25, 0.3) is 0 Å². The summed E-state index contributed by atoms with van der Waals surface area (Å²) < 4.78 is 0. The number of hydrazone groups is 1. The molecule has 0 aliphatic carbocycles. The zero-order chi connectivity index (χ0) is 17.9. The summed E-state index contributed by atoms with van der Waals surface area (Å²) in [6.07, 6.45) is 0.432. The zero-order valence-corrected chi connectivity index (χ0v) is 14.0. The molecule has 128 valence electrons. The molecule has 7 heteroatoms. The van der Waals surface area contributed by atoms with Gasteiger partial charge in [0.25, 0.3) is 5.91 Å². The van der Waals surface area contributed by atoms with Gasteiger partial charge in [0.15, 0.2) is 0 Å². The fourth-order valence-electron chi connectivity index (χ4n) is 2.29. The van der Waals surface area contributed by atoms with E-state index < -0.39 is 17.8 Å². The highest BCUT2D eigenvalue weighted by Crippen LogP contribution is 2.25. The van der Waals surface area contributed by atoms with E-state index in [2.05, 4.69) is 10.4 Å². The number of nitrogens with one attached hydrogen (secondary N) is 1. The van der Waals surface area contributed by atoms with E-state index in [4.69, 9.17) is 5.11 Å². The number of amides is 2. The van der Waals surface area contributed by atoms with Crippen molar-refractivity contribution >= 4 is 29.2 Å². The van der Waals surface area contributed by atoms with Crippen molar-refractivity contribution in [1.29, 1.82) is 0 Å². The van der Waals surface area contributed by atoms with E-state index >= 15 is 0 Å². The first-order chi connectivity index (χ1) is 11.3. The topological polar surface area (TPSA) is 99.1 Å². The largest absolute Gasteiger partial charge is 0.481 e. The third kappa shape index (κ3) is 3.98. The van der Waals surface area contributed by atoms with Gasteiger partial charge in [-0.25, -0.2) is 5.01 Å². The van der Waals surface area contributed by atoms with Gasteiger partial charge in [0, 0.05) is 19.4 Å². The fourth-order valence-corrected chi connectivity index (χ4v) is 2.29. The smallest absolute Gasteiger partial charge is 0.308 e. The van der Waals surface area contributed by atoms with E-state index in [1.165, 1.54) is 11.9 Å². The van der Waals surface area contributed by atoms with Gasteiger partial charge >= 0.3 is 5.97 Å². The SMILES string of the molecule is Cc1ccc(C)c(N2N=C(C(=O)NCC(C)C(=O)O)CCC2=O)c1. The highest BCUT2D eigenvalue weighted by Gasteiger charge is 2.27. The number of aliphatic carboxylic acids is 1. The third-order valence-corrected chi connectivity index (χ3v) is 3.88. The molecule has 1 heterocycles. The maximum absolute atomic E-state index is 12.2. The van der Waals surface area contributed by atoms with Crippen molar-refractivity contribution in [2.75, 3.05) is 11.6 Å². The van der Waals surface area contributed by atoms with E-state index in [0.717, 1.165) is 11.1 Å². The van der Waals surface area contributed by atoms with Gasteiger partial charge in [0.1, 0.15) is 5.71 Å². The lowest BCUT2D eigenvalue weighted by Gasteiger charge is -2.25. The van der Waals surface area contributed by atoms with Crippen LogP contribution in [0.1, 0.15) is 30.9 Å². The summed E-state index contributed by atoms with van der Waals surface area (Å²) >= 11 is 0. The minimum atomic E-state index is -0.979. The van der Waals surface area contributed by atoms with Gasteiger partial charge in [0.05, 0.1) is 11.6 Å². The summed E-state index contributed by atoms with van der Waals surface area (Å²) in [7, 11) is 0. The molecule has 2 rings (SSSR count). The number of hydrogen-bond donors (Lipinski definition) is 2. The molecule has 1 aromatic carbocycles. The lowest BCUT2D eigenvalue weighted by atomic mass is 10.1. The number of carbonyl (C=O) groups is 3. The molecule has 1 aliphatic rings. The maximum Gasteiger partial charge on any atom is 0.308 e. The van der Waals surface area contributed by atoms with Crippen molar-refractivity contribution in [1.82, 2.24) is 5.32 Å². The maximum atomic E-state index is 12.2. The number of carboxylic acid groups (broad SMARTS) is 1. The second-order valence-electron chi connectivity index (χ2n) is 5.99. The normalized spacial score (nSPS) is 15.7. The van der Waals surface area contributed by atoms with Crippen LogP contribution in [0.5, 0.6) is 0 Å². The molecule has 1 aromatic rings. The number of rotatable bonds is 5. The van der Waals surface area contributed by atoms with Crippen LogP contribution in [0.15, 0.2) is 23.3 Å². The molecule has 1 unspecified atom stereocenters. The van der Waals surface area contributed by atoms with E-state index in [1.54, 1.807) is 0 Å². The highest BCUT2D eigenvalue weighted by molar-refractivity contribution is 6.40. The molecule has 0 spiro atoms. The monoisotopic (exact) mass is 331 g/mol. The molecule has 2 amide bonds. The summed E-state index contributed by atoms with van der Waals surface area (Å²) in [6, 6.07) is 5.69. The summed E-state index contributed by atoms with van der Waals surface area (Å²) in [5.41, 5.74) is 2.77. The first-order valence-corrected chi connectivity index (χ1v) is 7.78. The van der Waals surface area contributed by atoms with Crippen molar-refractivity contribution in [3.8, 4) is 0 Å². The number of nitrogens with zero attached hydrogens (tertiary/aromatic N) is 2. The van der Waals surface area contributed by atoms with E-state index in [0.29, 0.717) is 5.69 Å². The van der Waals surface area contributed by atoms with Gasteiger partial charge in [-0.3, -0.25) is 14.4 Å². The number of anilines is 1. The molecule has 0 saturated carbocycles. The van der Waals surface area contributed by atoms with Crippen LogP contribution in [-0.4, -0.2) is 35.1 Å². The Morgan fingerprint density at radius 2 is 2.04 bits per heavy atom. The Balaban J connectivity index is 2.19. The Labute approximate surface area is 140 Å². The molecule has 0 bridgehead atoms. The first kappa shape index (κ1) is 17.7. The van der Waals surface area contributed by atoms with Crippen LogP contribution in [-0.2, 0) is 14.4 Å². The van der Waals surface area contributed by atoms with Crippen molar-refractivity contribution in [2.24, 2.45) is 11.0 Å². The van der Waals surface area contributed by atoms with Crippen molar-refractivity contribution in [3.05, 3.63) is 29.3 Å². The first-order valence-electron chi connectivity index (χ1n) is 7.78. The second-order valence-corrected chi connectivity index (χ2v) is 5.99. The summed E-state index contributed by atoms with van der Waals surface area (Å²) in [5, 5.41) is 16.9. The quantitative estimate of drug-likeness (QED) is 0.856. The van der Waals surface area contributed by atoms with Gasteiger partial charge in [0.2, 0.25) is 5.91 Å². The molecule has 0 aromatic heterocycles. The predicted molar refractivity (Wildman–Crippen MR) is 89.9 cm³/mol. The summed E-state index contributed by atoms with van der Waals surface area (Å²) in [4.78, 5) is 35.2. The molecular formula is C17H21N3O4. The minimum Gasteiger partial charge on any atom is -0.481 e. The average Bonchev–Trinajstić information content (AvgIpc) is 2.55. The zero-order valence-electron chi connectivity index (χ0n) is 14.0. The average molecular weight is 331 g/mol. The summed E-state index contributed by atoms with van der Waals surface area (Å²) in [5.74, 6) is -2.27. The van der Waals surface area contributed by atoms with Gasteiger partial charge in [-0.1, -0.05) is 19.1 Å². The molecular weight excluding hydrogens is 310 g/mol. The van der Waals surface area contributed by atoms with Gasteiger partial charge in [-0.15, -0.1) is 0 Å². The van der Waals surface area contributed by atoms with E-state index in [1.807, 2.05) is 32.0 Å². The standard InChI is InChI=1S/C17H21N3O4/c1-10-4-5-11(2)14(8-10)20-15(21)7-6-13(19-20)16(22)18-9-12(3)17(23)24/h4-5,8,12H,6-7,9H2,1-3H3,(H,18,22)(H,23,24). The predicted octanol–water partition coefficient (Wildman–Crippen LogP) is 1.62. The van der Waals surface area contributed by atoms with Crippen molar-refractivity contribution in [2.45, 2.75) is 33.6 Å². The van der Waals surface area contributed by atoms with Crippen LogP contribution in [0.2, 0.25) is 0 Å². The van der Waals surface area contributed by atoms with Crippen molar-refractivity contribution < 1.29 is 19.5 Å². The molecule has 1 aliphatic heterocycles. The molecule has 0 fully saturated rings. The van der Waals surface area contributed by atoms with Crippen LogP contribution in [0, 0.1) is 19.8 Å². The highest BCUT2D eigenvalue weighted by atomic mass is 16.4. The molecule has 0 saturated heterocycles. The Morgan fingerprint density at radius 1 is 1.33 bits per heavy atom. The number of aryl methyl sites for hydroxylation is 2. The Kier molecular flexibility index (Phi) is 5.33. The molecule has 0 radical (unpaired) electrons. The van der Waals surface area contributed by atoms with Gasteiger partial charge < -0.3 is 10.4 Å². The third-order valence-electron chi connectivity index (χ3n) is 3.88. The second kappa shape index (κ2) is 7.25. The number of carboxylic acids is 1. The molecule has 24 heavy (non-hydrogen) atoms. The Bertz CT molecular complexity index is 712. The Morgan fingerprint density at radius 3 is 2.71 bits per heavy atom. The van der Waals surface area contributed by atoms with Crippen LogP contribution < -0.4 is 10.3 Å². The van der Waals surface area contributed by atoms with Crippen LogP contribution in [0.4, 0.5) is 5.69 Å². The number of benzene rings is 1. The molecule has 2 N–H and O–H groups in total. The lowest BCUT2D eigenvalue weighted by molar-refractivity contribution is -0.141. The number of carbonyl (C=O) groups excluding carboxylic acids is 2.